The summed E-state index contributed by atoms with van der Waals surface area (Å²) in [4.78, 5) is 9.57. The highest BCUT2D eigenvalue weighted by atomic mass is 15.0. The molecule has 1 aliphatic carbocycles. The number of aromatic nitrogens is 3. The fourth-order valence-corrected chi connectivity index (χ4v) is 9.79. The van der Waals surface area contributed by atoms with E-state index in [0.717, 1.165) is 21.8 Å². The molecule has 0 aliphatic heterocycles. The summed E-state index contributed by atoms with van der Waals surface area (Å²) in [7, 11) is 0. The summed E-state index contributed by atoms with van der Waals surface area (Å²) in [6.07, 6.45) is 3.58. The van der Waals surface area contributed by atoms with E-state index >= 15 is 0 Å². The standard InChI is InChI=1S/C55H37N3/c1-55(2)49-32-38(34-18-23-40(24-19-34)58-51-16-7-5-13-45(51)46-14-6-8-17-52(46)58)21-26-43(49)44-27-22-39(33-50(44)55)36-11-9-10-35(30-36)37-20-25-42-41-12-3-4-15-47(41)53-54(48(42)31-37)57-29-28-56-53/h3-33H,1-2H3. The van der Waals surface area contributed by atoms with Gasteiger partial charge in [0, 0.05) is 45.0 Å². The van der Waals surface area contributed by atoms with Gasteiger partial charge in [0.05, 0.1) is 22.1 Å². The van der Waals surface area contributed by atoms with Crippen LogP contribution < -0.4 is 0 Å². The molecular formula is C55H37N3. The monoisotopic (exact) mass is 739 g/mol. The normalized spacial score (nSPS) is 13.1. The lowest BCUT2D eigenvalue weighted by molar-refractivity contribution is 0.661. The molecule has 0 unspecified atom stereocenters. The van der Waals surface area contributed by atoms with E-state index in [1.807, 2.05) is 0 Å². The van der Waals surface area contributed by atoms with E-state index in [1.54, 1.807) is 12.4 Å². The Kier molecular flexibility index (Phi) is 6.98. The number of nitrogens with zero attached hydrogens (tertiary/aromatic N) is 3. The number of hydrogen-bond donors (Lipinski definition) is 0. The first-order valence-corrected chi connectivity index (χ1v) is 20.1. The van der Waals surface area contributed by atoms with Crippen LogP contribution in [0, 0.1) is 0 Å². The van der Waals surface area contributed by atoms with Gasteiger partial charge in [0.25, 0.3) is 0 Å². The average molecular weight is 740 g/mol. The maximum Gasteiger partial charge on any atom is 0.0971 e. The third-order valence-corrected chi connectivity index (χ3v) is 12.7. The lowest BCUT2D eigenvalue weighted by Gasteiger charge is -2.23. The Hall–Kier alpha value is -7.36. The first kappa shape index (κ1) is 32.8. The van der Waals surface area contributed by atoms with E-state index in [2.05, 4.69) is 194 Å². The molecule has 0 bridgehead atoms. The zero-order valence-corrected chi connectivity index (χ0v) is 32.2. The van der Waals surface area contributed by atoms with Crippen LogP contribution in [0.3, 0.4) is 0 Å². The molecule has 0 saturated heterocycles. The maximum absolute atomic E-state index is 4.81. The zero-order chi connectivity index (χ0) is 38.5. The summed E-state index contributed by atoms with van der Waals surface area (Å²) in [5.74, 6) is 0. The van der Waals surface area contributed by atoms with Crippen molar-refractivity contribution in [1.29, 1.82) is 0 Å². The summed E-state index contributed by atoms with van der Waals surface area (Å²) in [6.45, 7) is 4.75. The molecule has 0 amide bonds. The molecule has 0 radical (unpaired) electrons. The number of benzene rings is 9. The minimum atomic E-state index is -0.152. The Labute approximate surface area is 336 Å². The molecule has 0 atom stereocenters. The van der Waals surface area contributed by atoms with Gasteiger partial charge in [-0.05, 0) is 115 Å². The van der Waals surface area contributed by atoms with Gasteiger partial charge < -0.3 is 4.57 Å². The number of rotatable bonds is 4. The second-order valence-corrected chi connectivity index (χ2v) is 16.2. The van der Waals surface area contributed by atoms with E-state index in [9.17, 15) is 0 Å². The average Bonchev–Trinajstić information content (AvgIpc) is 3.74. The lowest BCUT2D eigenvalue weighted by Crippen LogP contribution is -2.15. The van der Waals surface area contributed by atoms with Crippen molar-refractivity contribution in [2.75, 3.05) is 0 Å². The van der Waals surface area contributed by atoms with Crippen molar-refractivity contribution < 1.29 is 0 Å². The Morgan fingerprint density at radius 3 is 1.47 bits per heavy atom. The first-order chi connectivity index (χ1) is 28.5. The molecule has 0 N–H and O–H groups in total. The summed E-state index contributed by atoms with van der Waals surface area (Å²) in [5, 5.41) is 7.22. The van der Waals surface area contributed by atoms with Gasteiger partial charge in [0.1, 0.15) is 0 Å². The fraction of sp³-hybridized carbons (Fsp3) is 0.0545. The van der Waals surface area contributed by atoms with Crippen LogP contribution in [0.1, 0.15) is 25.0 Å². The summed E-state index contributed by atoms with van der Waals surface area (Å²) >= 11 is 0. The molecule has 9 aromatic carbocycles. The Morgan fingerprint density at radius 1 is 0.362 bits per heavy atom. The molecule has 272 valence electrons. The Morgan fingerprint density at radius 2 is 0.828 bits per heavy atom. The van der Waals surface area contributed by atoms with Gasteiger partial charge in [-0.3, -0.25) is 9.97 Å². The number of para-hydroxylation sites is 2. The van der Waals surface area contributed by atoms with E-state index in [4.69, 9.17) is 9.97 Å². The zero-order valence-electron chi connectivity index (χ0n) is 32.2. The van der Waals surface area contributed by atoms with E-state index in [-0.39, 0.29) is 5.41 Å². The predicted molar refractivity (Wildman–Crippen MR) is 243 cm³/mol. The van der Waals surface area contributed by atoms with Crippen LogP contribution in [0.4, 0.5) is 0 Å². The summed E-state index contributed by atoms with van der Waals surface area (Å²) in [6, 6.07) is 64.8. The van der Waals surface area contributed by atoms with Crippen LogP contribution >= 0.6 is 0 Å². The molecule has 11 aromatic rings. The van der Waals surface area contributed by atoms with E-state index in [1.165, 1.54) is 93.9 Å². The molecular weight excluding hydrogens is 703 g/mol. The van der Waals surface area contributed by atoms with Gasteiger partial charge in [-0.15, -0.1) is 0 Å². The third kappa shape index (κ3) is 4.80. The van der Waals surface area contributed by atoms with Crippen molar-refractivity contribution in [3.05, 3.63) is 199 Å². The quantitative estimate of drug-likeness (QED) is 0.168. The largest absolute Gasteiger partial charge is 0.309 e. The second kappa shape index (κ2) is 12.3. The highest BCUT2D eigenvalue weighted by molar-refractivity contribution is 6.23. The van der Waals surface area contributed by atoms with Crippen LogP contribution in [0.5, 0.6) is 0 Å². The number of fused-ring (bicyclic) bond motifs is 12. The number of hydrogen-bond acceptors (Lipinski definition) is 2. The highest BCUT2D eigenvalue weighted by Gasteiger charge is 2.36. The molecule has 0 fully saturated rings. The van der Waals surface area contributed by atoms with Crippen molar-refractivity contribution in [3.63, 3.8) is 0 Å². The maximum atomic E-state index is 4.81. The molecule has 2 aromatic heterocycles. The summed E-state index contributed by atoms with van der Waals surface area (Å²) in [5.41, 5.74) is 18.0. The van der Waals surface area contributed by atoms with Crippen molar-refractivity contribution in [2.45, 2.75) is 19.3 Å². The summed E-state index contributed by atoms with van der Waals surface area (Å²) < 4.78 is 2.38. The molecule has 0 spiro atoms. The Balaban J connectivity index is 0.882. The molecule has 3 heteroatoms. The van der Waals surface area contributed by atoms with Gasteiger partial charge >= 0.3 is 0 Å². The van der Waals surface area contributed by atoms with Gasteiger partial charge in [-0.2, -0.15) is 0 Å². The minimum absolute atomic E-state index is 0.152. The molecule has 12 rings (SSSR count). The van der Waals surface area contributed by atoms with Crippen LogP contribution in [-0.2, 0) is 5.41 Å². The van der Waals surface area contributed by atoms with Gasteiger partial charge in [-0.1, -0.05) is 141 Å². The minimum Gasteiger partial charge on any atom is -0.309 e. The predicted octanol–water partition coefficient (Wildman–Crippen LogP) is 14.3. The molecule has 58 heavy (non-hydrogen) atoms. The second-order valence-electron chi connectivity index (χ2n) is 16.2. The van der Waals surface area contributed by atoms with Crippen molar-refractivity contribution in [1.82, 2.24) is 14.5 Å². The molecule has 2 heterocycles. The van der Waals surface area contributed by atoms with E-state index in [0.29, 0.717) is 0 Å². The highest BCUT2D eigenvalue weighted by Crippen LogP contribution is 2.51. The van der Waals surface area contributed by atoms with Crippen LogP contribution in [0.15, 0.2) is 188 Å². The van der Waals surface area contributed by atoms with Crippen LogP contribution in [0.2, 0.25) is 0 Å². The van der Waals surface area contributed by atoms with Gasteiger partial charge in [-0.25, -0.2) is 0 Å². The third-order valence-electron chi connectivity index (χ3n) is 12.7. The lowest BCUT2D eigenvalue weighted by atomic mass is 9.80. The SMILES string of the molecule is CC1(C)c2cc(-c3ccc(-n4c5ccccc5c5ccccc54)cc3)ccc2-c2ccc(-c3cccc(-c4ccc5c6ccccc6c6nccnc6c5c4)c3)cc21. The molecule has 0 saturated carbocycles. The fourth-order valence-electron chi connectivity index (χ4n) is 9.79. The van der Waals surface area contributed by atoms with Crippen molar-refractivity contribution >= 4 is 54.4 Å². The van der Waals surface area contributed by atoms with Gasteiger partial charge in [0.2, 0.25) is 0 Å². The van der Waals surface area contributed by atoms with Crippen LogP contribution in [0.25, 0.3) is 105 Å². The molecule has 1 aliphatic rings. The van der Waals surface area contributed by atoms with Crippen molar-refractivity contribution in [2.24, 2.45) is 0 Å². The molecule has 3 nitrogen and oxygen atoms in total. The Bertz CT molecular complexity index is 3390. The van der Waals surface area contributed by atoms with Crippen LogP contribution in [-0.4, -0.2) is 14.5 Å². The topological polar surface area (TPSA) is 30.7 Å². The van der Waals surface area contributed by atoms with Gasteiger partial charge in [0.15, 0.2) is 0 Å². The first-order valence-electron chi connectivity index (χ1n) is 20.1. The smallest absolute Gasteiger partial charge is 0.0971 e. The van der Waals surface area contributed by atoms with Crippen molar-refractivity contribution in [3.8, 4) is 50.2 Å². The van der Waals surface area contributed by atoms with E-state index < -0.39 is 0 Å².